The van der Waals surface area contributed by atoms with E-state index in [0.717, 1.165) is 35.6 Å². The summed E-state index contributed by atoms with van der Waals surface area (Å²) in [4.78, 5) is 4.82. The molecular weight excluding hydrogens is 356 g/mol. The summed E-state index contributed by atoms with van der Waals surface area (Å²) in [6.07, 6.45) is 5.13. The molecule has 146 valence electrons. The summed E-state index contributed by atoms with van der Waals surface area (Å²) in [6.45, 7) is 5.77. The highest BCUT2D eigenvalue weighted by Gasteiger charge is 2.08. The summed E-state index contributed by atoms with van der Waals surface area (Å²) in [5.74, 6) is 1.91. The summed E-state index contributed by atoms with van der Waals surface area (Å²) in [5.41, 5.74) is 5.90. The van der Waals surface area contributed by atoms with Crippen LogP contribution in [0.4, 0.5) is 0 Å². The Morgan fingerprint density at radius 2 is 1.66 bits per heavy atom. The minimum atomic E-state index is 0.677. The van der Waals surface area contributed by atoms with Gasteiger partial charge in [-0.2, -0.15) is 0 Å². The molecular formula is C26H26N2O. The lowest BCUT2D eigenvalue weighted by Gasteiger charge is -2.10. The van der Waals surface area contributed by atoms with E-state index in [2.05, 4.69) is 73.0 Å². The Morgan fingerprint density at radius 3 is 2.48 bits per heavy atom. The van der Waals surface area contributed by atoms with Crippen LogP contribution in [0, 0.1) is 13.8 Å². The molecule has 3 nitrogen and oxygen atoms in total. The van der Waals surface area contributed by atoms with Crippen molar-refractivity contribution < 1.29 is 4.74 Å². The maximum absolute atomic E-state index is 5.97. The second-order valence-electron chi connectivity index (χ2n) is 7.30. The Hall–Kier alpha value is -3.33. The van der Waals surface area contributed by atoms with E-state index in [4.69, 9.17) is 9.72 Å². The summed E-state index contributed by atoms with van der Waals surface area (Å²) in [5, 5.41) is 0. The molecule has 3 heteroatoms. The van der Waals surface area contributed by atoms with Crippen molar-refractivity contribution in [2.24, 2.45) is 0 Å². The molecule has 0 unspecified atom stereocenters. The molecule has 0 spiro atoms. The topological polar surface area (TPSA) is 27.1 Å². The molecule has 0 saturated carbocycles. The Morgan fingerprint density at radius 1 is 0.862 bits per heavy atom. The lowest BCUT2D eigenvalue weighted by molar-refractivity contribution is 0.302. The van der Waals surface area contributed by atoms with Crippen molar-refractivity contribution in [3.05, 3.63) is 95.3 Å². The van der Waals surface area contributed by atoms with Gasteiger partial charge < -0.3 is 9.30 Å². The number of para-hydroxylation sites is 2. The number of rotatable bonds is 7. The predicted molar refractivity (Wildman–Crippen MR) is 121 cm³/mol. The van der Waals surface area contributed by atoms with Crippen molar-refractivity contribution in [3.8, 4) is 5.75 Å². The van der Waals surface area contributed by atoms with Crippen LogP contribution < -0.4 is 4.74 Å². The van der Waals surface area contributed by atoms with E-state index in [0.29, 0.717) is 6.61 Å². The molecule has 0 amide bonds. The van der Waals surface area contributed by atoms with E-state index in [1.54, 1.807) is 0 Å². The van der Waals surface area contributed by atoms with Crippen LogP contribution in [0.3, 0.4) is 0 Å². The van der Waals surface area contributed by atoms with Crippen molar-refractivity contribution in [1.29, 1.82) is 0 Å². The second kappa shape index (κ2) is 8.78. The van der Waals surface area contributed by atoms with Crippen LogP contribution in [0.15, 0.2) is 72.8 Å². The Labute approximate surface area is 172 Å². The van der Waals surface area contributed by atoms with Gasteiger partial charge >= 0.3 is 0 Å². The first-order valence-electron chi connectivity index (χ1n) is 10.1. The first-order chi connectivity index (χ1) is 14.2. The van der Waals surface area contributed by atoms with Gasteiger partial charge in [0.1, 0.15) is 11.6 Å². The van der Waals surface area contributed by atoms with Crippen LogP contribution in [0.1, 0.15) is 28.9 Å². The summed E-state index contributed by atoms with van der Waals surface area (Å²) >= 11 is 0. The Kier molecular flexibility index (Phi) is 5.76. The molecule has 0 fully saturated rings. The van der Waals surface area contributed by atoms with Crippen LogP contribution >= 0.6 is 0 Å². The third-order valence-corrected chi connectivity index (χ3v) is 5.18. The summed E-state index contributed by atoms with van der Waals surface area (Å²) < 4.78 is 8.25. The minimum Gasteiger partial charge on any atom is -0.494 e. The highest BCUT2D eigenvalue weighted by molar-refractivity contribution is 5.79. The minimum absolute atomic E-state index is 0.677. The van der Waals surface area contributed by atoms with Gasteiger partial charge in [0, 0.05) is 6.54 Å². The third-order valence-electron chi connectivity index (χ3n) is 5.18. The SMILES string of the molecule is Cc1ccc(OCCCn2c(/C=C/c3ccccc3)nc3ccccc32)cc1C. The zero-order valence-corrected chi connectivity index (χ0v) is 17.0. The second-order valence-corrected chi connectivity index (χ2v) is 7.30. The number of hydrogen-bond acceptors (Lipinski definition) is 2. The molecule has 1 aromatic heterocycles. The number of ether oxygens (including phenoxy) is 1. The maximum atomic E-state index is 5.97. The molecule has 0 aliphatic heterocycles. The number of benzene rings is 3. The molecule has 29 heavy (non-hydrogen) atoms. The van der Waals surface area contributed by atoms with Crippen LogP contribution in [0.2, 0.25) is 0 Å². The van der Waals surface area contributed by atoms with Gasteiger partial charge in [-0.25, -0.2) is 4.98 Å². The predicted octanol–water partition coefficient (Wildman–Crippen LogP) is 6.29. The van der Waals surface area contributed by atoms with Gasteiger partial charge in [0.2, 0.25) is 0 Å². The quantitative estimate of drug-likeness (QED) is 0.351. The highest BCUT2D eigenvalue weighted by atomic mass is 16.5. The fourth-order valence-electron chi connectivity index (χ4n) is 3.41. The van der Waals surface area contributed by atoms with Gasteiger partial charge in [0.25, 0.3) is 0 Å². The average molecular weight is 383 g/mol. The smallest absolute Gasteiger partial charge is 0.133 e. The Bertz CT molecular complexity index is 1130. The molecule has 1 heterocycles. The van der Waals surface area contributed by atoms with Crippen molar-refractivity contribution in [3.63, 3.8) is 0 Å². The molecule has 0 radical (unpaired) electrons. The number of imidazole rings is 1. The van der Waals surface area contributed by atoms with Gasteiger partial charge in [-0.05, 0) is 67.3 Å². The number of fused-ring (bicyclic) bond motifs is 1. The van der Waals surface area contributed by atoms with Crippen LogP contribution in [-0.2, 0) is 6.54 Å². The fraction of sp³-hybridized carbons (Fsp3) is 0.192. The first-order valence-corrected chi connectivity index (χ1v) is 10.1. The van der Waals surface area contributed by atoms with E-state index >= 15 is 0 Å². The lowest BCUT2D eigenvalue weighted by Crippen LogP contribution is -2.06. The zero-order chi connectivity index (χ0) is 20.1. The number of aryl methyl sites for hydroxylation is 3. The first kappa shape index (κ1) is 19.0. The highest BCUT2D eigenvalue weighted by Crippen LogP contribution is 2.20. The van der Waals surface area contributed by atoms with Gasteiger partial charge in [0.15, 0.2) is 0 Å². The van der Waals surface area contributed by atoms with Gasteiger partial charge in [-0.3, -0.25) is 0 Å². The Balaban J connectivity index is 1.48. The summed E-state index contributed by atoms with van der Waals surface area (Å²) in [7, 11) is 0. The van der Waals surface area contributed by atoms with Crippen molar-refractivity contribution in [2.45, 2.75) is 26.8 Å². The normalized spacial score (nSPS) is 11.4. The van der Waals surface area contributed by atoms with Crippen LogP contribution in [0.25, 0.3) is 23.2 Å². The van der Waals surface area contributed by atoms with Gasteiger partial charge in [-0.15, -0.1) is 0 Å². The lowest BCUT2D eigenvalue weighted by atomic mass is 10.1. The molecule has 0 bridgehead atoms. The molecule has 0 aliphatic rings. The monoisotopic (exact) mass is 382 g/mol. The van der Waals surface area contributed by atoms with Crippen LogP contribution in [-0.4, -0.2) is 16.2 Å². The van der Waals surface area contributed by atoms with Crippen molar-refractivity contribution in [1.82, 2.24) is 9.55 Å². The van der Waals surface area contributed by atoms with Crippen molar-refractivity contribution >= 4 is 23.2 Å². The molecule has 0 N–H and O–H groups in total. The fourth-order valence-corrected chi connectivity index (χ4v) is 3.41. The molecule has 4 aromatic rings. The number of aromatic nitrogens is 2. The molecule has 4 rings (SSSR count). The average Bonchev–Trinajstić information content (AvgIpc) is 3.10. The van der Waals surface area contributed by atoms with Gasteiger partial charge in [-0.1, -0.05) is 54.6 Å². The molecule has 0 atom stereocenters. The van der Waals surface area contributed by atoms with Crippen LogP contribution in [0.5, 0.6) is 5.75 Å². The standard InChI is InChI=1S/C26H26N2O/c1-20-13-15-23(19-21(20)2)29-18-8-17-28-25-12-7-6-11-24(25)27-26(28)16-14-22-9-4-3-5-10-22/h3-7,9-16,19H,8,17-18H2,1-2H3/b16-14+. The zero-order valence-electron chi connectivity index (χ0n) is 17.0. The van der Waals surface area contributed by atoms with E-state index in [1.807, 2.05) is 30.3 Å². The van der Waals surface area contributed by atoms with E-state index in [1.165, 1.54) is 16.7 Å². The largest absolute Gasteiger partial charge is 0.494 e. The molecule has 3 aromatic carbocycles. The third kappa shape index (κ3) is 4.57. The van der Waals surface area contributed by atoms with E-state index < -0.39 is 0 Å². The van der Waals surface area contributed by atoms with Gasteiger partial charge in [0.05, 0.1) is 17.6 Å². The molecule has 0 aliphatic carbocycles. The van der Waals surface area contributed by atoms with E-state index in [-0.39, 0.29) is 0 Å². The summed E-state index contributed by atoms with van der Waals surface area (Å²) in [6, 6.07) is 24.9. The maximum Gasteiger partial charge on any atom is 0.133 e. The number of hydrogen-bond donors (Lipinski definition) is 0. The molecule has 0 saturated heterocycles. The number of nitrogens with zero attached hydrogens (tertiary/aromatic N) is 2. The van der Waals surface area contributed by atoms with Crippen molar-refractivity contribution in [2.75, 3.05) is 6.61 Å². The van der Waals surface area contributed by atoms with E-state index in [9.17, 15) is 0 Å².